The van der Waals surface area contributed by atoms with Gasteiger partial charge < -0.3 is 4.90 Å². The predicted molar refractivity (Wildman–Crippen MR) is 53.8 cm³/mol. The van der Waals surface area contributed by atoms with Gasteiger partial charge in [0.25, 0.3) is 0 Å². The van der Waals surface area contributed by atoms with E-state index in [2.05, 4.69) is 4.90 Å². The van der Waals surface area contributed by atoms with E-state index in [1.54, 1.807) is 11.8 Å². The van der Waals surface area contributed by atoms with E-state index in [0.29, 0.717) is 6.04 Å². The zero-order valence-electron chi connectivity index (χ0n) is 7.38. The van der Waals surface area contributed by atoms with E-state index in [-0.39, 0.29) is 0 Å². The highest BCUT2D eigenvalue weighted by molar-refractivity contribution is 8.14. The fourth-order valence-electron chi connectivity index (χ4n) is 2.17. The Morgan fingerprint density at radius 1 is 1.25 bits per heavy atom. The number of nitrogens with one attached hydrogen (secondary N) is 1. The van der Waals surface area contributed by atoms with Crippen LogP contribution in [0.3, 0.4) is 0 Å². The van der Waals surface area contributed by atoms with Gasteiger partial charge in [0.05, 0.1) is 0 Å². The molecular weight excluding hydrogens is 168 g/mol. The lowest BCUT2D eigenvalue weighted by molar-refractivity contribution is 0.260. The SMILES string of the molecule is N=C1SCCN1C1CCCCC1. The Balaban J connectivity index is 1.93. The molecule has 2 rings (SSSR count). The van der Waals surface area contributed by atoms with Gasteiger partial charge in [-0.2, -0.15) is 0 Å². The van der Waals surface area contributed by atoms with Gasteiger partial charge in [-0.3, -0.25) is 5.41 Å². The van der Waals surface area contributed by atoms with E-state index < -0.39 is 0 Å². The number of hydrogen-bond donors (Lipinski definition) is 1. The van der Waals surface area contributed by atoms with Crippen LogP contribution in [0, 0.1) is 5.41 Å². The highest BCUT2D eigenvalue weighted by Crippen LogP contribution is 2.27. The molecule has 1 aliphatic heterocycles. The van der Waals surface area contributed by atoms with Crippen molar-refractivity contribution in [3.63, 3.8) is 0 Å². The third-order valence-corrected chi connectivity index (χ3v) is 3.74. The average Bonchev–Trinajstić information content (AvgIpc) is 2.53. The van der Waals surface area contributed by atoms with Crippen molar-refractivity contribution in [3.8, 4) is 0 Å². The van der Waals surface area contributed by atoms with Gasteiger partial charge in [-0.05, 0) is 12.8 Å². The Bertz CT molecular complexity index is 175. The van der Waals surface area contributed by atoms with Gasteiger partial charge in [0, 0.05) is 18.3 Å². The summed E-state index contributed by atoms with van der Waals surface area (Å²) >= 11 is 1.71. The van der Waals surface area contributed by atoms with Gasteiger partial charge in [-0.1, -0.05) is 31.0 Å². The van der Waals surface area contributed by atoms with Gasteiger partial charge in [0.1, 0.15) is 0 Å². The van der Waals surface area contributed by atoms with E-state index in [0.717, 1.165) is 17.5 Å². The first-order valence-corrected chi connectivity index (χ1v) is 5.84. The molecular formula is C9H16N2S. The minimum absolute atomic E-state index is 0.709. The monoisotopic (exact) mass is 184 g/mol. The summed E-state index contributed by atoms with van der Waals surface area (Å²) < 4.78 is 0. The molecule has 1 saturated carbocycles. The third kappa shape index (κ3) is 1.60. The number of hydrogen-bond acceptors (Lipinski definition) is 2. The van der Waals surface area contributed by atoms with E-state index in [9.17, 15) is 0 Å². The minimum Gasteiger partial charge on any atom is -0.348 e. The molecule has 1 N–H and O–H groups in total. The summed E-state index contributed by atoms with van der Waals surface area (Å²) in [7, 11) is 0. The molecule has 0 radical (unpaired) electrons. The minimum atomic E-state index is 0.709. The lowest BCUT2D eigenvalue weighted by Crippen LogP contribution is -2.36. The standard InChI is InChI=1S/C9H16N2S/c10-9-11(6-7-12-9)8-4-2-1-3-5-8/h8,10H,1-7H2. The second kappa shape index (κ2) is 3.69. The summed E-state index contributed by atoms with van der Waals surface area (Å²) in [6.45, 7) is 1.12. The normalized spacial score (nSPS) is 26.7. The van der Waals surface area contributed by atoms with Crippen molar-refractivity contribution in [2.75, 3.05) is 12.3 Å². The topological polar surface area (TPSA) is 27.1 Å². The van der Waals surface area contributed by atoms with Crippen molar-refractivity contribution in [1.82, 2.24) is 4.90 Å². The summed E-state index contributed by atoms with van der Waals surface area (Å²) in [5.41, 5.74) is 0. The molecule has 2 fully saturated rings. The lowest BCUT2D eigenvalue weighted by Gasteiger charge is -2.31. The van der Waals surface area contributed by atoms with Crippen molar-refractivity contribution in [3.05, 3.63) is 0 Å². The first-order chi connectivity index (χ1) is 5.88. The summed E-state index contributed by atoms with van der Waals surface area (Å²) in [5.74, 6) is 1.13. The largest absolute Gasteiger partial charge is 0.348 e. The van der Waals surface area contributed by atoms with Gasteiger partial charge in [0.15, 0.2) is 5.17 Å². The Labute approximate surface area is 78.2 Å². The maximum atomic E-state index is 7.73. The second-order valence-corrected chi connectivity index (χ2v) is 4.72. The van der Waals surface area contributed by atoms with E-state index in [1.807, 2.05) is 0 Å². The second-order valence-electron chi connectivity index (χ2n) is 3.64. The molecule has 0 amide bonds. The molecule has 1 heterocycles. The number of amidine groups is 1. The summed E-state index contributed by atoms with van der Waals surface area (Å²) in [6, 6.07) is 0.709. The fraction of sp³-hybridized carbons (Fsp3) is 0.889. The molecule has 1 saturated heterocycles. The van der Waals surface area contributed by atoms with Crippen LogP contribution in [0.1, 0.15) is 32.1 Å². The fourth-order valence-corrected chi connectivity index (χ4v) is 3.05. The van der Waals surface area contributed by atoms with Crippen LogP contribution in [0.5, 0.6) is 0 Å². The molecule has 0 aromatic carbocycles. The molecule has 2 nitrogen and oxygen atoms in total. The molecule has 12 heavy (non-hydrogen) atoms. The molecule has 0 aromatic heterocycles. The number of rotatable bonds is 1. The Hall–Kier alpha value is -0.180. The molecule has 0 aromatic rings. The highest BCUT2D eigenvalue weighted by atomic mass is 32.2. The first kappa shape index (κ1) is 8.42. The zero-order valence-corrected chi connectivity index (χ0v) is 8.20. The lowest BCUT2D eigenvalue weighted by atomic mass is 9.94. The predicted octanol–water partition coefficient (Wildman–Crippen LogP) is 2.30. The summed E-state index contributed by atoms with van der Waals surface area (Å²) in [6.07, 6.45) is 6.80. The zero-order chi connectivity index (χ0) is 8.39. The molecule has 1 aliphatic carbocycles. The van der Waals surface area contributed by atoms with Crippen molar-refractivity contribution in [2.24, 2.45) is 0 Å². The quantitative estimate of drug-likeness (QED) is 0.677. The molecule has 0 unspecified atom stereocenters. The van der Waals surface area contributed by atoms with Crippen LogP contribution >= 0.6 is 11.8 Å². The van der Waals surface area contributed by atoms with Gasteiger partial charge in [-0.15, -0.1) is 0 Å². The smallest absolute Gasteiger partial charge is 0.156 e. The number of nitrogens with zero attached hydrogens (tertiary/aromatic N) is 1. The van der Waals surface area contributed by atoms with Crippen LogP contribution in [-0.2, 0) is 0 Å². The maximum absolute atomic E-state index is 7.73. The number of thioether (sulfide) groups is 1. The summed E-state index contributed by atoms with van der Waals surface area (Å²) in [4.78, 5) is 2.31. The van der Waals surface area contributed by atoms with Crippen LogP contribution in [0.25, 0.3) is 0 Å². The van der Waals surface area contributed by atoms with E-state index in [1.165, 1.54) is 32.1 Å². The Kier molecular flexibility index (Phi) is 2.59. The van der Waals surface area contributed by atoms with Crippen molar-refractivity contribution in [1.29, 1.82) is 5.41 Å². The maximum Gasteiger partial charge on any atom is 0.156 e. The van der Waals surface area contributed by atoms with Gasteiger partial charge in [-0.25, -0.2) is 0 Å². The molecule has 3 heteroatoms. The average molecular weight is 184 g/mol. The van der Waals surface area contributed by atoms with Crippen LogP contribution < -0.4 is 0 Å². The Morgan fingerprint density at radius 3 is 2.58 bits per heavy atom. The molecule has 2 aliphatic rings. The van der Waals surface area contributed by atoms with Crippen molar-refractivity contribution < 1.29 is 0 Å². The van der Waals surface area contributed by atoms with Crippen molar-refractivity contribution in [2.45, 2.75) is 38.1 Å². The van der Waals surface area contributed by atoms with Crippen LogP contribution in [-0.4, -0.2) is 28.4 Å². The molecule has 0 spiro atoms. The molecule has 0 bridgehead atoms. The van der Waals surface area contributed by atoms with Crippen LogP contribution in [0.4, 0.5) is 0 Å². The van der Waals surface area contributed by atoms with Crippen molar-refractivity contribution >= 4 is 16.9 Å². The first-order valence-electron chi connectivity index (χ1n) is 4.86. The van der Waals surface area contributed by atoms with Gasteiger partial charge in [0.2, 0.25) is 0 Å². The van der Waals surface area contributed by atoms with Gasteiger partial charge >= 0.3 is 0 Å². The van der Waals surface area contributed by atoms with Crippen LogP contribution in [0.2, 0.25) is 0 Å². The van der Waals surface area contributed by atoms with E-state index >= 15 is 0 Å². The molecule has 0 atom stereocenters. The summed E-state index contributed by atoms with van der Waals surface area (Å²) in [5, 5.41) is 8.55. The Morgan fingerprint density at radius 2 is 2.00 bits per heavy atom. The van der Waals surface area contributed by atoms with Crippen LogP contribution in [0.15, 0.2) is 0 Å². The molecule has 68 valence electrons. The highest BCUT2D eigenvalue weighted by Gasteiger charge is 2.26. The van der Waals surface area contributed by atoms with E-state index in [4.69, 9.17) is 5.41 Å². The third-order valence-electron chi connectivity index (χ3n) is 2.85.